The number of hydrogen-bond acceptors (Lipinski definition) is 7. The maximum absolute atomic E-state index is 11.7. The molecule has 0 aromatic heterocycles. The maximum atomic E-state index is 11.7. The fourth-order valence-corrected chi connectivity index (χ4v) is 2.92. The predicted molar refractivity (Wildman–Crippen MR) is 105 cm³/mol. The lowest BCUT2D eigenvalue weighted by atomic mass is 10.2. The third-order valence-electron chi connectivity index (χ3n) is 3.67. The molecule has 0 saturated carbocycles. The Balaban J connectivity index is 1.64. The van der Waals surface area contributed by atoms with Gasteiger partial charge in [-0.3, -0.25) is 4.90 Å². The van der Waals surface area contributed by atoms with Gasteiger partial charge in [0, 0.05) is 37.9 Å². The zero-order valence-electron chi connectivity index (χ0n) is 14.1. The molecule has 25 heavy (non-hydrogen) atoms. The fraction of sp³-hybridized carbons (Fsp3) is 0.500. The Hall–Kier alpha value is -1.17. The molecule has 1 aliphatic heterocycles. The minimum atomic E-state index is -0.486. The second kappa shape index (κ2) is 12.2. The van der Waals surface area contributed by atoms with E-state index in [9.17, 15) is 4.79 Å². The lowest BCUT2D eigenvalue weighted by molar-refractivity contribution is -0.137. The van der Waals surface area contributed by atoms with Gasteiger partial charge in [-0.1, -0.05) is 47.0 Å². The molecule has 1 aromatic carbocycles. The highest BCUT2D eigenvalue weighted by Gasteiger charge is 2.19. The molecule has 1 saturated heterocycles. The van der Waals surface area contributed by atoms with Gasteiger partial charge in [0.25, 0.3) is 0 Å². The highest BCUT2D eigenvalue weighted by atomic mass is 33.1. The molecule has 2 rings (SSSR count). The van der Waals surface area contributed by atoms with Crippen molar-refractivity contribution in [1.29, 1.82) is 0 Å². The number of esters is 1. The number of nitrogens with one attached hydrogen (secondary N) is 1. The molecule has 0 aliphatic carbocycles. The van der Waals surface area contributed by atoms with E-state index >= 15 is 0 Å². The molecule has 1 heterocycles. The number of carbonyl (C=O) groups is 1. The van der Waals surface area contributed by atoms with Crippen molar-refractivity contribution in [2.75, 3.05) is 45.1 Å². The van der Waals surface area contributed by atoms with Crippen molar-refractivity contribution in [3.8, 4) is 11.8 Å². The molecule has 0 bridgehead atoms. The standard InChI is InChI=1S/C18H24N2O3S2/c21-18(23-15-16-5-2-1-3-6-16)7-4-9-20-10-11-22-17(14-20)13-19-8-12-25-24/h1-3,5-6,17,19,24H,8-15H2/t17-/m1/s1. The first-order valence-electron chi connectivity index (χ1n) is 8.28. The van der Waals surface area contributed by atoms with Gasteiger partial charge >= 0.3 is 5.97 Å². The summed E-state index contributed by atoms with van der Waals surface area (Å²) < 4.78 is 10.9. The molecule has 0 radical (unpaired) electrons. The first-order chi connectivity index (χ1) is 12.3. The van der Waals surface area contributed by atoms with Gasteiger partial charge in [0.1, 0.15) is 6.61 Å². The van der Waals surface area contributed by atoms with Crippen LogP contribution in [0.3, 0.4) is 0 Å². The number of hydrogen-bond donors (Lipinski definition) is 2. The van der Waals surface area contributed by atoms with Crippen LogP contribution < -0.4 is 5.32 Å². The number of carbonyl (C=O) groups excluding carboxylic acids is 1. The molecule has 136 valence electrons. The highest BCUT2D eigenvalue weighted by Crippen LogP contribution is 2.05. The summed E-state index contributed by atoms with van der Waals surface area (Å²) in [5.41, 5.74) is 0.956. The molecule has 0 amide bonds. The molecular formula is C18H24N2O3S2. The van der Waals surface area contributed by atoms with Crippen LogP contribution in [0.2, 0.25) is 0 Å². The van der Waals surface area contributed by atoms with Gasteiger partial charge in [0.2, 0.25) is 0 Å². The van der Waals surface area contributed by atoms with Crippen LogP contribution in [0, 0.1) is 11.8 Å². The summed E-state index contributed by atoms with van der Waals surface area (Å²) in [5, 5.41) is 3.35. The topological polar surface area (TPSA) is 50.8 Å². The summed E-state index contributed by atoms with van der Waals surface area (Å²) in [4.78, 5) is 13.9. The lowest BCUT2D eigenvalue weighted by Crippen LogP contribution is -2.46. The second-order valence-corrected chi connectivity index (χ2v) is 7.07. The summed E-state index contributed by atoms with van der Waals surface area (Å²) in [6.45, 7) is 4.87. The van der Waals surface area contributed by atoms with Crippen molar-refractivity contribution in [1.82, 2.24) is 10.2 Å². The van der Waals surface area contributed by atoms with Gasteiger partial charge in [-0.25, -0.2) is 4.79 Å². The van der Waals surface area contributed by atoms with Crippen LogP contribution in [0.25, 0.3) is 0 Å². The average Bonchev–Trinajstić information content (AvgIpc) is 2.65. The lowest BCUT2D eigenvalue weighted by Gasteiger charge is -2.31. The molecule has 1 atom stereocenters. The van der Waals surface area contributed by atoms with E-state index in [4.69, 9.17) is 9.47 Å². The van der Waals surface area contributed by atoms with Crippen LogP contribution in [-0.2, 0) is 20.9 Å². The normalized spacial score (nSPS) is 17.6. The van der Waals surface area contributed by atoms with E-state index in [1.54, 1.807) is 0 Å². The largest absolute Gasteiger partial charge is 0.451 e. The zero-order chi connectivity index (χ0) is 17.7. The number of nitrogens with zero attached hydrogens (tertiary/aromatic N) is 1. The van der Waals surface area contributed by atoms with Crippen LogP contribution in [-0.4, -0.2) is 62.1 Å². The van der Waals surface area contributed by atoms with Crippen LogP contribution in [0.4, 0.5) is 0 Å². The van der Waals surface area contributed by atoms with Gasteiger partial charge in [-0.15, -0.1) is 11.7 Å². The monoisotopic (exact) mass is 380 g/mol. The molecule has 1 fully saturated rings. The Kier molecular flexibility index (Phi) is 9.85. The number of rotatable bonds is 8. The van der Waals surface area contributed by atoms with Crippen molar-refractivity contribution < 1.29 is 14.3 Å². The van der Waals surface area contributed by atoms with Crippen LogP contribution in [0.15, 0.2) is 30.3 Å². The third-order valence-corrected chi connectivity index (χ3v) is 4.61. The molecular weight excluding hydrogens is 356 g/mol. The maximum Gasteiger partial charge on any atom is 0.384 e. The van der Waals surface area contributed by atoms with Crippen molar-refractivity contribution in [2.24, 2.45) is 0 Å². The Morgan fingerprint density at radius 1 is 1.44 bits per heavy atom. The summed E-state index contributed by atoms with van der Waals surface area (Å²) in [7, 11) is 1.52. The summed E-state index contributed by atoms with van der Waals surface area (Å²) in [5.74, 6) is 5.94. The summed E-state index contributed by atoms with van der Waals surface area (Å²) in [6.07, 6.45) is 0.158. The SMILES string of the molecule is O=C(C#CCN1CCO[C@H](CNCCSS)C1)OCc1ccccc1. The number of benzene rings is 1. The first kappa shape index (κ1) is 20.1. The molecule has 1 N–H and O–H groups in total. The van der Waals surface area contributed by atoms with E-state index < -0.39 is 5.97 Å². The minimum Gasteiger partial charge on any atom is -0.451 e. The van der Waals surface area contributed by atoms with Gasteiger partial charge in [0.15, 0.2) is 0 Å². The molecule has 1 aromatic rings. The first-order valence-corrected chi connectivity index (χ1v) is 10.3. The number of morpholine rings is 1. The van der Waals surface area contributed by atoms with E-state index in [2.05, 4.69) is 33.7 Å². The fourth-order valence-electron chi connectivity index (χ4n) is 2.41. The molecule has 5 nitrogen and oxygen atoms in total. The molecule has 1 aliphatic rings. The Bertz CT molecular complexity index is 575. The smallest absolute Gasteiger partial charge is 0.384 e. The molecule has 0 spiro atoms. The van der Waals surface area contributed by atoms with E-state index in [1.807, 2.05) is 30.3 Å². The quantitative estimate of drug-likeness (QED) is 0.178. The van der Waals surface area contributed by atoms with Crippen molar-refractivity contribution >= 4 is 28.4 Å². The molecule has 7 heteroatoms. The third kappa shape index (κ3) is 8.66. The Morgan fingerprint density at radius 2 is 2.28 bits per heavy atom. The zero-order valence-corrected chi connectivity index (χ0v) is 15.9. The molecule has 0 unspecified atom stereocenters. The van der Waals surface area contributed by atoms with Crippen LogP contribution in [0.1, 0.15) is 5.56 Å². The van der Waals surface area contributed by atoms with Crippen molar-refractivity contribution in [3.63, 3.8) is 0 Å². The Morgan fingerprint density at radius 3 is 3.08 bits per heavy atom. The Labute approximate surface area is 158 Å². The van der Waals surface area contributed by atoms with Crippen LogP contribution in [0.5, 0.6) is 0 Å². The van der Waals surface area contributed by atoms with Crippen molar-refractivity contribution in [3.05, 3.63) is 35.9 Å². The van der Waals surface area contributed by atoms with Gasteiger partial charge in [-0.2, -0.15) is 0 Å². The van der Waals surface area contributed by atoms with Crippen molar-refractivity contribution in [2.45, 2.75) is 12.7 Å². The van der Waals surface area contributed by atoms with E-state index in [1.165, 1.54) is 10.8 Å². The van der Waals surface area contributed by atoms with E-state index in [0.717, 1.165) is 37.5 Å². The predicted octanol–water partition coefficient (Wildman–Crippen LogP) is 1.60. The van der Waals surface area contributed by atoms with Crippen LogP contribution >= 0.6 is 22.5 Å². The van der Waals surface area contributed by atoms with Gasteiger partial charge in [0.05, 0.1) is 19.3 Å². The minimum absolute atomic E-state index is 0.158. The number of ether oxygens (including phenoxy) is 2. The van der Waals surface area contributed by atoms with E-state index in [-0.39, 0.29) is 12.7 Å². The highest BCUT2D eigenvalue weighted by molar-refractivity contribution is 8.68. The van der Waals surface area contributed by atoms with Gasteiger partial charge in [-0.05, 0) is 5.56 Å². The average molecular weight is 381 g/mol. The number of thiol groups is 1. The van der Waals surface area contributed by atoms with E-state index in [0.29, 0.717) is 13.2 Å². The summed E-state index contributed by atoms with van der Waals surface area (Å²) >= 11 is 4.11. The summed E-state index contributed by atoms with van der Waals surface area (Å²) in [6, 6.07) is 9.58. The second-order valence-electron chi connectivity index (χ2n) is 5.63. The van der Waals surface area contributed by atoms with Gasteiger partial charge < -0.3 is 14.8 Å².